The number of aromatic nitrogens is 2. The lowest BCUT2D eigenvalue weighted by molar-refractivity contribution is 0.141. The molecule has 2 amide bonds. The average molecular weight is 304 g/mol. The molecule has 0 aliphatic heterocycles. The lowest BCUT2D eigenvalue weighted by Crippen LogP contribution is -2.43. The van der Waals surface area contributed by atoms with Gasteiger partial charge in [0.1, 0.15) is 5.82 Å². The molecule has 120 valence electrons. The number of fused-ring (bicyclic) bond motifs is 1. The molecule has 2 atom stereocenters. The highest BCUT2D eigenvalue weighted by Gasteiger charge is 2.23. The molecule has 0 spiro atoms. The van der Waals surface area contributed by atoms with Gasteiger partial charge in [-0.05, 0) is 25.0 Å². The molecule has 2 unspecified atom stereocenters. The largest absolute Gasteiger partial charge is 0.392 e. The summed E-state index contributed by atoms with van der Waals surface area (Å²) < 4.78 is 0. The number of carbonyl (C=O) groups excluding carboxylic acids is 1. The number of imidazole rings is 1. The summed E-state index contributed by atoms with van der Waals surface area (Å²) in [5.74, 6) is 0.930. The molecular weight excluding hydrogens is 280 g/mol. The molecule has 0 bridgehead atoms. The maximum Gasteiger partial charge on any atom is 0.317 e. The van der Waals surface area contributed by atoms with Crippen LogP contribution in [0.25, 0.3) is 11.0 Å². The first kappa shape index (κ1) is 16.3. The van der Waals surface area contributed by atoms with Crippen LogP contribution >= 0.6 is 0 Å². The first-order chi connectivity index (χ1) is 10.4. The number of H-pyrrole nitrogens is 1. The van der Waals surface area contributed by atoms with E-state index in [9.17, 15) is 9.90 Å². The fourth-order valence-electron chi connectivity index (χ4n) is 2.39. The number of urea groups is 1. The third-order valence-electron chi connectivity index (χ3n) is 3.53. The highest BCUT2D eigenvalue weighted by Crippen LogP contribution is 2.22. The first-order valence-electron chi connectivity index (χ1n) is 7.52. The van der Waals surface area contributed by atoms with Crippen LogP contribution in [0.15, 0.2) is 24.3 Å². The number of aliphatic hydroxyl groups excluding tert-OH is 1. The van der Waals surface area contributed by atoms with Crippen molar-refractivity contribution in [1.29, 1.82) is 0 Å². The van der Waals surface area contributed by atoms with Crippen molar-refractivity contribution in [3.8, 4) is 0 Å². The van der Waals surface area contributed by atoms with Crippen LogP contribution in [0.2, 0.25) is 0 Å². The molecule has 0 aliphatic rings. The molecule has 2 aromatic rings. The van der Waals surface area contributed by atoms with Crippen molar-refractivity contribution < 1.29 is 9.90 Å². The minimum Gasteiger partial charge on any atom is -0.392 e. The van der Waals surface area contributed by atoms with E-state index in [1.54, 1.807) is 14.0 Å². The van der Waals surface area contributed by atoms with Crippen molar-refractivity contribution in [3.05, 3.63) is 30.1 Å². The van der Waals surface area contributed by atoms with E-state index in [2.05, 4.69) is 15.3 Å². The van der Waals surface area contributed by atoms with Crippen LogP contribution in [0.5, 0.6) is 0 Å². The summed E-state index contributed by atoms with van der Waals surface area (Å²) in [6.45, 7) is 6.01. The van der Waals surface area contributed by atoms with Crippen LogP contribution in [0.4, 0.5) is 4.79 Å². The van der Waals surface area contributed by atoms with Crippen LogP contribution in [-0.2, 0) is 0 Å². The van der Waals surface area contributed by atoms with E-state index in [4.69, 9.17) is 0 Å². The van der Waals surface area contributed by atoms with E-state index < -0.39 is 6.10 Å². The third kappa shape index (κ3) is 3.76. The molecule has 1 aromatic carbocycles. The van der Waals surface area contributed by atoms with Crippen LogP contribution in [0.3, 0.4) is 0 Å². The zero-order valence-electron chi connectivity index (χ0n) is 13.5. The SMILES string of the molecule is CC(O)CN(C)C(=O)NC(c1nc2ccccc2[nH]1)C(C)C. The Morgan fingerprint density at radius 3 is 2.64 bits per heavy atom. The highest BCUT2D eigenvalue weighted by molar-refractivity contribution is 5.76. The van der Waals surface area contributed by atoms with Gasteiger partial charge < -0.3 is 20.3 Å². The lowest BCUT2D eigenvalue weighted by atomic mass is 10.0. The van der Waals surface area contributed by atoms with Gasteiger partial charge in [-0.3, -0.25) is 0 Å². The summed E-state index contributed by atoms with van der Waals surface area (Å²) in [6.07, 6.45) is -0.556. The monoisotopic (exact) mass is 304 g/mol. The molecule has 0 saturated carbocycles. The van der Waals surface area contributed by atoms with E-state index in [0.29, 0.717) is 0 Å². The molecule has 1 aromatic heterocycles. The number of benzene rings is 1. The van der Waals surface area contributed by atoms with Gasteiger partial charge in [0.05, 0.1) is 23.2 Å². The number of amides is 2. The quantitative estimate of drug-likeness (QED) is 0.792. The Bertz CT molecular complexity index is 603. The zero-order valence-corrected chi connectivity index (χ0v) is 13.5. The van der Waals surface area contributed by atoms with Gasteiger partial charge in [-0.2, -0.15) is 0 Å². The smallest absolute Gasteiger partial charge is 0.317 e. The Kier molecular flexibility index (Phi) is 5.03. The normalized spacial score (nSPS) is 14.1. The Morgan fingerprint density at radius 2 is 2.05 bits per heavy atom. The molecule has 6 heteroatoms. The fraction of sp³-hybridized carbons (Fsp3) is 0.500. The summed E-state index contributed by atoms with van der Waals surface area (Å²) in [6, 6.07) is 7.35. The average Bonchev–Trinajstić information content (AvgIpc) is 2.86. The molecule has 0 fully saturated rings. The van der Waals surface area contributed by atoms with Gasteiger partial charge >= 0.3 is 6.03 Å². The number of aliphatic hydroxyl groups is 1. The summed E-state index contributed by atoms with van der Waals surface area (Å²) in [5, 5.41) is 12.4. The summed E-state index contributed by atoms with van der Waals surface area (Å²) in [4.78, 5) is 21.6. The second-order valence-electron chi connectivity index (χ2n) is 6.04. The van der Waals surface area contributed by atoms with Crippen molar-refractivity contribution in [2.24, 2.45) is 5.92 Å². The van der Waals surface area contributed by atoms with Gasteiger partial charge in [0, 0.05) is 13.6 Å². The Balaban J connectivity index is 2.17. The molecule has 2 rings (SSSR count). The van der Waals surface area contributed by atoms with Gasteiger partial charge in [-0.15, -0.1) is 0 Å². The summed E-state index contributed by atoms with van der Waals surface area (Å²) in [5.41, 5.74) is 1.84. The first-order valence-corrected chi connectivity index (χ1v) is 7.52. The number of carbonyl (C=O) groups is 1. The number of likely N-dealkylation sites (N-methyl/N-ethyl adjacent to an activating group) is 1. The lowest BCUT2D eigenvalue weighted by Gasteiger charge is -2.25. The van der Waals surface area contributed by atoms with E-state index >= 15 is 0 Å². The van der Waals surface area contributed by atoms with Gasteiger partial charge in [0.15, 0.2) is 0 Å². The second kappa shape index (κ2) is 6.79. The second-order valence-corrected chi connectivity index (χ2v) is 6.04. The third-order valence-corrected chi connectivity index (χ3v) is 3.53. The molecule has 6 nitrogen and oxygen atoms in total. The fourth-order valence-corrected chi connectivity index (χ4v) is 2.39. The predicted octanol–water partition coefficient (Wildman–Crippen LogP) is 2.28. The molecule has 1 heterocycles. The number of hydrogen-bond acceptors (Lipinski definition) is 3. The van der Waals surface area contributed by atoms with Crippen molar-refractivity contribution in [2.45, 2.75) is 32.9 Å². The van der Waals surface area contributed by atoms with Crippen molar-refractivity contribution in [1.82, 2.24) is 20.2 Å². The molecule has 0 saturated heterocycles. The van der Waals surface area contributed by atoms with Crippen molar-refractivity contribution in [3.63, 3.8) is 0 Å². The summed E-state index contributed by atoms with van der Waals surface area (Å²) in [7, 11) is 1.66. The van der Waals surface area contributed by atoms with Gasteiger partial charge in [-0.1, -0.05) is 26.0 Å². The molecule has 0 radical (unpaired) electrons. The van der Waals surface area contributed by atoms with Crippen LogP contribution in [0, 0.1) is 5.92 Å². The maximum atomic E-state index is 12.2. The van der Waals surface area contributed by atoms with Gasteiger partial charge in [-0.25, -0.2) is 9.78 Å². The molecular formula is C16H24N4O2. The topological polar surface area (TPSA) is 81.2 Å². The minimum absolute atomic E-state index is 0.185. The number of para-hydroxylation sites is 2. The number of nitrogens with one attached hydrogen (secondary N) is 2. The van der Waals surface area contributed by atoms with E-state index in [-0.39, 0.29) is 24.5 Å². The van der Waals surface area contributed by atoms with E-state index in [1.165, 1.54) is 4.90 Å². The van der Waals surface area contributed by atoms with Crippen LogP contribution in [-0.4, -0.2) is 45.7 Å². The predicted molar refractivity (Wildman–Crippen MR) is 86.5 cm³/mol. The van der Waals surface area contributed by atoms with Crippen molar-refractivity contribution in [2.75, 3.05) is 13.6 Å². The Labute approximate surface area is 130 Å². The highest BCUT2D eigenvalue weighted by atomic mass is 16.3. The summed E-state index contributed by atoms with van der Waals surface area (Å²) >= 11 is 0. The van der Waals surface area contributed by atoms with Crippen molar-refractivity contribution >= 4 is 17.1 Å². The number of aromatic amines is 1. The molecule has 0 aliphatic carbocycles. The van der Waals surface area contributed by atoms with Crippen LogP contribution in [0.1, 0.15) is 32.6 Å². The number of nitrogens with zero attached hydrogens (tertiary/aromatic N) is 2. The molecule has 3 N–H and O–H groups in total. The van der Waals surface area contributed by atoms with Gasteiger partial charge in [0.25, 0.3) is 0 Å². The Morgan fingerprint density at radius 1 is 1.36 bits per heavy atom. The van der Waals surface area contributed by atoms with E-state index in [0.717, 1.165) is 16.9 Å². The standard InChI is InChI=1S/C16H24N4O2/c1-10(2)14(19-16(22)20(4)9-11(3)21)15-17-12-7-5-6-8-13(12)18-15/h5-8,10-11,14,21H,9H2,1-4H3,(H,17,18)(H,19,22). The zero-order chi connectivity index (χ0) is 16.3. The number of hydrogen-bond donors (Lipinski definition) is 3. The van der Waals surface area contributed by atoms with E-state index in [1.807, 2.05) is 38.1 Å². The van der Waals surface area contributed by atoms with Gasteiger partial charge in [0.2, 0.25) is 0 Å². The molecule has 22 heavy (non-hydrogen) atoms. The number of rotatable bonds is 5. The maximum absolute atomic E-state index is 12.2. The Hall–Kier alpha value is -2.08. The minimum atomic E-state index is -0.556. The van der Waals surface area contributed by atoms with Crippen LogP contribution < -0.4 is 5.32 Å².